The van der Waals surface area contributed by atoms with E-state index >= 15 is 0 Å². The summed E-state index contributed by atoms with van der Waals surface area (Å²) in [6.07, 6.45) is 6.11. The predicted molar refractivity (Wildman–Crippen MR) is 51.9 cm³/mol. The van der Waals surface area contributed by atoms with Crippen LogP contribution in [0, 0.1) is 0 Å². The highest BCUT2D eigenvalue weighted by Gasteiger charge is 2.15. The maximum atomic E-state index is 10.7. The van der Waals surface area contributed by atoms with Gasteiger partial charge in [0.1, 0.15) is 0 Å². The van der Waals surface area contributed by atoms with Crippen LogP contribution in [0.1, 0.15) is 39.5 Å². The largest absolute Gasteiger partial charge is 0.350 e. The van der Waals surface area contributed by atoms with Crippen LogP contribution >= 0.6 is 0 Å². The minimum atomic E-state index is -0.0353. The summed E-state index contributed by atoms with van der Waals surface area (Å²) in [5.74, 6) is -0.0353. The summed E-state index contributed by atoms with van der Waals surface area (Å²) < 4.78 is 0. The minimum absolute atomic E-state index is 0.0353. The molecule has 0 bridgehead atoms. The predicted octanol–water partition coefficient (Wildman–Crippen LogP) is 2.26. The molecule has 1 amide bonds. The molecule has 1 aliphatic rings. The molecule has 12 heavy (non-hydrogen) atoms. The third-order valence-electron chi connectivity index (χ3n) is 1.89. The number of rotatable bonds is 2. The first-order valence-electron chi connectivity index (χ1n) is 4.76. The summed E-state index contributed by atoms with van der Waals surface area (Å²) in [6.45, 7) is 7.39. The van der Waals surface area contributed by atoms with Crippen molar-refractivity contribution >= 4 is 5.91 Å². The van der Waals surface area contributed by atoms with E-state index in [4.69, 9.17) is 0 Å². The van der Waals surface area contributed by atoms with Crippen molar-refractivity contribution in [3.05, 3.63) is 12.7 Å². The molecule has 1 rings (SSSR count). The lowest BCUT2D eigenvalue weighted by atomic mass is 10.2. The molecule has 0 aromatic heterocycles. The molecule has 2 nitrogen and oxygen atoms in total. The Morgan fingerprint density at radius 1 is 1.42 bits per heavy atom. The highest BCUT2D eigenvalue weighted by atomic mass is 16.1. The van der Waals surface area contributed by atoms with Crippen LogP contribution in [0.2, 0.25) is 0 Å². The van der Waals surface area contributed by atoms with Crippen LogP contribution in [0.4, 0.5) is 0 Å². The molecular formula is C10H19NO. The normalized spacial score (nSPS) is 16.2. The highest BCUT2D eigenvalue weighted by Crippen LogP contribution is 2.17. The molecule has 0 radical (unpaired) electrons. The molecule has 0 spiro atoms. The molecule has 1 fully saturated rings. The van der Waals surface area contributed by atoms with E-state index in [0.29, 0.717) is 6.04 Å². The van der Waals surface area contributed by atoms with Crippen molar-refractivity contribution < 1.29 is 4.79 Å². The van der Waals surface area contributed by atoms with Crippen LogP contribution in [0.25, 0.3) is 0 Å². The van der Waals surface area contributed by atoms with Gasteiger partial charge < -0.3 is 5.32 Å². The lowest BCUT2D eigenvalue weighted by Gasteiger charge is -2.08. The van der Waals surface area contributed by atoms with Gasteiger partial charge in [-0.05, 0) is 18.9 Å². The Bertz CT molecular complexity index is 137. The molecule has 0 atom stereocenters. The molecule has 70 valence electrons. The molecule has 0 aromatic carbocycles. The lowest BCUT2D eigenvalue weighted by Crippen LogP contribution is -2.30. The number of amides is 1. The lowest BCUT2D eigenvalue weighted by molar-refractivity contribution is -0.117. The molecule has 0 aliphatic heterocycles. The summed E-state index contributed by atoms with van der Waals surface area (Å²) in [5.41, 5.74) is 0. The van der Waals surface area contributed by atoms with Crippen LogP contribution in [-0.2, 0) is 4.79 Å². The zero-order valence-electron chi connectivity index (χ0n) is 8.10. The fourth-order valence-electron chi connectivity index (χ4n) is 1.33. The third-order valence-corrected chi connectivity index (χ3v) is 1.89. The minimum Gasteiger partial charge on any atom is -0.350 e. The van der Waals surface area contributed by atoms with E-state index in [9.17, 15) is 4.79 Å². The van der Waals surface area contributed by atoms with Crippen LogP contribution in [0.15, 0.2) is 12.7 Å². The number of carbonyl (C=O) groups is 1. The molecule has 1 saturated carbocycles. The van der Waals surface area contributed by atoms with E-state index in [0.717, 1.165) is 12.8 Å². The Kier molecular flexibility index (Phi) is 6.44. The van der Waals surface area contributed by atoms with Crippen LogP contribution in [0.5, 0.6) is 0 Å². The van der Waals surface area contributed by atoms with Crippen molar-refractivity contribution in [1.82, 2.24) is 5.32 Å². The van der Waals surface area contributed by atoms with Gasteiger partial charge in [0.25, 0.3) is 0 Å². The Labute approximate surface area is 75.0 Å². The molecule has 0 heterocycles. The first kappa shape index (κ1) is 11.2. The summed E-state index contributed by atoms with van der Waals surface area (Å²) in [5, 5.41) is 2.87. The molecule has 0 unspecified atom stereocenters. The van der Waals surface area contributed by atoms with Crippen molar-refractivity contribution in [3.63, 3.8) is 0 Å². The first-order valence-corrected chi connectivity index (χ1v) is 4.76. The third kappa shape index (κ3) is 4.16. The molecular weight excluding hydrogens is 150 g/mol. The fourth-order valence-corrected chi connectivity index (χ4v) is 1.33. The van der Waals surface area contributed by atoms with E-state index < -0.39 is 0 Å². The zero-order chi connectivity index (χ0) is 9.40. The average molecular weight is 169 g/mol. The smallest absolute Gasteiger partial charge is 0.243 e. The summed E-state index contributed by atoms with van der Waals surface area (Å²) >= 11 is 0. The molecule has 1 N–H and O–H groups in total. The number of hydrogen-bond donors (Lipinski definition) is 1. The van der Waals surface area contributed by atoms with Gasteiger partial charge in [-0.3, -0.25) is 4.79 Å². The SMILES string of the molecule is C=CC(=O)NC1CCCC1.CC. The second-order valence-electron chi connectivity index (χ2n) is 2.69. The van der Waals surface area contributed by atoms with Crippen molar-refractivity contribution in [2.24, 2.45) is 0 Å². The van der Waals surface area contributed by atoms with Gasteiger partial charge in [0.05, 0.1) is 0 Å². The van der Waals surface area contributed by atoms with E-state index in [1.54, 1.807) is 0 Å². The van der Waals surface area contributed by atoms with Gasteiger partial charge in [0, 0.05) is 6.04 Å². The van der Waals surface area contributed by atoms with Crippen LogP contribution < -0.4 is 5.32 Å². The van der Waals surface area contributed by atoms with Gasteiger partial charge >= 0.3 is 0 Å². The second-order valence-corrected chi connectivity index (χ2v) is 2.69. The molecule has 2 heteroatoms. The van der Waals surface area contributed by atoms with Gasteiger partial charge in [-0.1, -0.05) is 33.3 Å². The summed E-state index contributed by atoms with van der Waals surface area (Å²) in [4.78, 5) is 10.7. The van der Waals surface area contributed by atoms with Crippen LogP contribution in [0.3, 0.4) is 0 Å². The Morgan fingerprint density at radius 2 is 1.92 bits per heavy atom. The van der Waals surface area contributed by atoms with E-state index in [2.05, 4.69) is 11.9 Å². The number of nitrogens with one attached hydrogen (secondary N) is 1. The van der Waals surface area contributed by atoms with E-state index in [-0.39, 0.29) is 5.91 Å². The van der Waals surface area contributed by atoms with Crippen molar-refractivity contribution in [1.29, 1.82) is 0 Å². The Morgan fingerprint density at radius 3 is 2.33 bits per heavy atom. The average Bonchev–Trinajstić information content (AvgIpc) is 2.60. The molecule has 0 saturated heterocycles. The molecule has 1 aliphatic carbocycles. The van der Waals surface area contributed by atoms with Crippen LogP contribution in [-0.4, -0.2) is 11.9 Å². The van der Waals surface area contributed by atoms with Crippen molar-refractivity contribution in [2.75, 3.05) is 0 Å². The Balaban J connectivity index is 0.000000561. The van der Waals surface area contributed by atoms with Crippen molar-refractivity contribution in [3.8, 4) is 0 Å². The quantitative estimate of drug-likeness (QED) is 0.631. The van der Waals surface area contributed by atoms with E-state index in [1.165, 1.54) is 18.9 Å². The standard InChI is InChI=1S/C8H13NO.C2H6/c1-2-8(10)9-7-5-3-4-6-7;1-2/h2,7H,1,3-6H2,(H,9,10);1-2H3. The van der Waals surface area contributed by atoms with Gasteiger partial charge in [-0.15, -0.1) is 0 Å². The monoisotopic (exact) mass is 169 g/mol. The van der Waals surface area contributed by atoms with Gasteiger partial charge in [-0.25, -0.2) is 0 Å². The zero-order valence-corrected chi connectivity index (χ0v) is 8.10. The summed E-state index contributed by atoms with van der Waals surface area (Å²) in [7, 11) is 0. The number of carbonyl (C=O) groups excluding carboxylic acids is 1. The maximum Gasteiger partial charge on any atom is 0.243 e. The topological polar surface area (TPSA) is 29.1 Å². The maximum absolute atomic E-state index is 10.7. The molecule has 0 aromatic rings. The highest BCUT2D eigenvalue weighted by molar-refractivity contribution is 5.87. The van der Waals surface area contributed by atoms with E-state index in [1.807, 2.05) is 13.8 Å². The second kappa shape index (κ2) is 6.89. The van der Waals surface area contributed by atoms with Gasteiger partial charge in [0.2, 0.25) is 5.91 Å². The fraction of sp³-hybridized carbons (Fsp3) is 0.700. The van der Waals surface area contributed by atoms with Crippen molar-refractivity contribution in [2.45, 2.75) is 45.6 Å². The summed E-state index contributed by atoms with van der Waals surface area (Å²) in [6, 6.07) is 0.422. The first-order chi connectivity index (χ1) is 5.83. The Hall–Kier alpha value is -0.790. The number of hydrogen-bond acceptors (Lipinski definition) is 1. The van der Waals surface area contributed by atoms with Gasteiger partial charge in [0.15, 0.2) is 0 Å². The van der Waals surface area contributed by atoms with Gasteiger partial charge in [-0.2, -0.15) is 0 Å².